The summed E-state index contributed by atoms with van der Waals surface area (Å²) in [5, 5.41) is 2.79. The molecule has 2 N–H and O–H groups in total. The van der Waals surface area contributed by atoms with E-state index in [2.05, 4.69) is 10.7 Å². The Balaban J connectivity index is 2.26. The van der Waals surface area contributed by atoms with Crippen LogP contribution in [0.4, 0.5) is 10.5 Å². The molecule has 0 unspecified atom stereocenters. The smallest absolute Gasteiger partial charge is 0.426 e. The molecule has 3 aromatic rings. The second-order valence-corrected chi connectivity index (χ2v) is 6.30. The van der Waals surface area contributed by atoms with Crippen LogP contribution in [0, 0.1) is 6.92 Å². The van der Waals surface area contributed by atoms with E-state index in [1.807, 2.05) is 12.1 Å². The molecule has 0 saturated carbocycles. The molecule has 8 heteroatoms. The highest BCUT2D eigenvalue weighted by atomic mass is 16.5. The summed E-state index contributed by atoms with van der Waals surface area (Å²) in [6.45, 7) is 1.61. The van der Waals surface area contributed by atoms with Crippen molar-refractivity contribution in [3.05, 3.63) is 77.5 Å². The van der Waals surface area contributed by atoms with Gasteiger partial charge in [0.15, 0.2) is 0 Å². The molecule has 0 aliphatic heterocycles. The number of carbonyl (C=O) groups is 3. The Labute approximate surface area is 173 Å². The first-order valence-electron chi connectivity index (χ1n) is 9.08. The van der Waals surface area contributed by atoms with Gasteiger partial charge in [-0.1, -0.05) is 48.5 Å². The Bertz CT molecular complexity index is 1080. The van der Waals surface area contributed by atoms with Gasteiger partial charge >= 0.3 is 12.1 Å². The molecule has 1 aromatic heterocycles. The lowest BCUT2D eigenvalue weighted by atomic mass is 10.0. The Morgan fingerprint density at radius 2 is 1.43 bits per heavy atom. The maximum Gasteiger partial charge on any atom is 0.426 e. The zero-order chi connectivity index (χ0) is 21.7. The molecule has 1 heterocycles. The highest BCUT2D eigenvalue weighted by molar-refractivity contribution is 6.15. The van der Waals surface area contributed by atoms with Crippen LogP contribution in [0.25, 0.3) is 11.3 Å². The molecule has 0 radical (unpaired) electrons. The van der Waals surface area contributed by atoms with E-state index in [4.69, 9.17) is 9.47 Å². The average molecular weight is 407 g/mol. The Morgan fingerprint density at radius 1 is 0.833 bits per heavy atom. The predicted molar refractivity (Wildman–Crippen MR) is 112 cm³/mol. The lowest BCUT2D eigenvalue weighted by molar-refractivity contribution is 0.0596. The van der Waals surface area contributed by atoms with Gasteiger partial charge in [0.05, 0.1) is 36.7 Å². The summed E-state index contributed by atoms with van der Waals surface area (Å²) in [5.74, 6) is -1.22. The number of nitrogens with one attached hydrogen (secondary N) is 2. The van der Waals surface area contributed by atoms with Crippen LogP contribution in [-0.4, -0.2) is 36.9 Å². The predicted octanol–water partition coefficient (Wildman–Crippen LogP) is 3.81. The van der Waals surface area contributed by atoms with E-state index in [1.54, 1.807) is 55.5 Å². The number of ether oxygens (including phenoxy) is 2. The van der Waals surface area contributed by atoms with Gasteiger partial charge in [0.1, 0.15) is 0 Å². The van der Waals surface area contributed by atoms with Gasteiger partial charge in [-0.2, -0.15) is 0 Å². The van der Waals surface area contributed by atoms with E-state index in [0.717, 1.165) is 0 Å². The van der Waals surface area contributed by atoms with E-state index < -0.39 is 18.0 Å². The summed E-state index contributed by atoms with van der Waals surface area (Å²) in [6.07, 6.45) is -0.753. The maximum absolute atomic E-state index is 13.3. The summed E-state index contributed by atoms with van der Waals surface area (Å²) in [4.78, 5) is 37.9. The van der Waals surface area contributed by atoms with Gasteiger partial charge in [-0.15, -0.1) is 0 Å². The van der Waals surface area contributed by atoms with Crippen molar-refractivity contribution >= 4 is 23.7 Å². The van der Waals surface area contributed by atoms with Gasteiger partial charge in [0.25, 0.3) is 5.91 Å². The zero-order valence-corrected chi connectivity index (χ0v) is 16.8. The highest BCUT2D eigenvalue weighted by Gasteiger charge is 2.31. The summed E-state index contributed by atoms with van der Waals surface area (Å²) in [6, 6.07) is 17.8. The normalized spacial score (nSPS) is 10.2. The summed E-state index contributed by atoms with van der Waals surface area (Å²) < 4.78 is 11.0. The molecule has 3 rings (SSSR count). The van der Waals surface area contributed by atoms with Gasteiger partial charge < -0.3 is 14.8 Å². The fourth-order valence-electron chi connectivity index (χ4n) is 3.12. The van der Waals surface area contributed by atoms with Crippen LogP contribution in [-0.2, 0) is 9.47 Å². The number of methoxy groups -OCH3 is 2. The van der Waals surface area contributed by atoms with E-state index in [-0.39, 0.29) is 11.1 Å². The van der Waals surface area contributed by atoms with Crippen LogP contribution < -0.4 is 10.7 Å². The second kappa shape index (κ2) is 8.95. The van der Waals surface area contributed by atoms with Crippen LogP contribution >= 0.6 is 0 Å². The van der Waals surface area contributed by atoms with Crippen molar-refractivity contribution in [3.63, 3.8) is 0 Å². The lowest BCUT2D eigenvalue weighted by Gasteiger charge is -2.13. The Morgan fingerprint density at radius 3 is 2.00 bits per heavy atom. The first-order valence-corrected chi connectivity index (χ1v) is 9.08. The molecule has 0 aliphatic carbocycles. The topological polar surface area (TPSA) is 98.7 Å². The summed E-state index contributed by atoms with van der Waals surface area (Å²) in [7, 11) is 2.45. The first kappa shape index (κ1) is 20.7. The summed E-state index contributed by atoms with van der Waals surface area (Å²) in [5.41, 5.74) is 4.50. The third kappa shape index (κ3) is 4.02. The Kier molecular flexibility index (Phi) is 6.17. The SMILES string of the molecule is COC(=O)Nn1c(C)c(C(=O)OC)c(C(=O)Nc2ccccc2)c1-c1ccccc1. The van der Waals surface area contributed by atoms with E-state index >= 15 is 0 Å². The van der Waals surface area contributed by atoms with Crippen LogP contribution in [0.2, 0.25) is 0 Å². The number of hydrogen-bond donors (Lipinski definition) is 2. The number of rotatable bonds is 5. The fourth-order valence-corrected chi connectivity index (χ4v) is 3.12. The number of benzene rings is 2. The number of carbonyl (C=O) groups excluding carboxylic acids is 3. The average Bonchev–Trinajstić information content (AvgIpc) is 3.06. The summed E-state index contributed by atoms with van der Waals surface area (Å²) >= 11 is 0. The molecule has 0 spiro atoms. The second-order valence-electron chi connectivity index (χ2n) is 6.30. The molecular formula is C22H21N3O5. The first-order chi connectivity index (χ1) is 14.5. The van der Waals surface area contributed by atoms with Gasteiger partial charge in [-0.05, 0) is 19.1 Å². The largest absolute Gasteiger partial charge is 0.465 e. The van der Waals surface area contributed by atoms with Crippen LogP contribution in [0.5, 0.6) is 0 Å². The fraction of sp³-hybridized carbons (Fsp3) is 0.136. The monoisotopic (exact) mass is 407 g/mol. The van der Waals surface area contributed by atoms with Crippen molar-refractivity contribution in [2.24, 2.45) is 0 Å². The van der Waals surface area contributed by atoms with E-state index in [0.29, 0.717) is 22.6 Å². The van der Waals surface area contributed by atoms with Gasteiger partial charge in [0.2, 0.25) is 0 Å². The van der Waals surface area contributed by atoms with Crippen molar-refractivity contribution in [2.75, 3.05) is 25.0 Å². The number of amides is 2. The number of hydrogen-bond acceptors (Lipinski definition) is 5. The minimum Gasteiger partial charge on any atom is -0.465 e. The third-order valence-electron chi connectivity index (χ3n) is 4.49. The van der Waals surface area contributed by atoms with Gasteiger partial charge in [0, 0.05) is 11.3 Å². The molecule has 0 bridgehead atoms. The Hall–Kier alpha value is -4.07. The number of anilines is 1. The quantitative estimate of drug-likeness (QED) is 0.627. The number of esters is 1. The van der Waals surface area contributed by atoms with Crippen LogP contribution in [0.3, 0.4) is 0 Å². The molecule has 154 valence electrons. The molecule has 2 amide bonds. The minimum absolute atomic E-state index is 0.0428. The number of aromatic nitrogens is 1. The molecule has 0 saturated heterocycles. The molecule has 0 fully saturated rings. The number of para-hydroxylation sites is 1. The van der Waals surface area contributed by atoms with E-state index in [1.165, 1.54) is 18.9 Å². The maximum atomic E-state index is 13.3. The highest BCUT2D eigenvalue weighted by Crippen LogP contribution is 2.32. The number of nitrogens with zero attached hydrogens (tertiary/aromatic N) is 1. The molecule has 0 aliphatic rings. The molecular weight excluding hydrogens is 386 g/mol. The zero-order valence-electron chi connectivity index (χ0n) is 16.8. The van der Waals surface area contributed by atoms with Gasteiger partial charge in [-0.25, -0.2) is 15.0 Å². The molecule has 8 nitrogen and oxygen atoms in total. The van der Waals surface area contributed by atoms with Crippen molar-refractivity contribution in [1.29, 1.82) is 0 Å². The van der Waals surface area contributed by atoms with Crippen LogP contribution in [0.1, 0.15) is 26.4 Å². The third-order valence-corrected chi connectivity index (χ3v) is 4.49. The standard InChI is InChI=1S/C22H21N3O5/c1-14-17(21(27)29-2)18(20(26)23-16-12-8-5-9-13-16)19(15-10-6-4-7-11-15)25(14)24-22(28)30-3/h4-13H,1-3H3,(H,23,26)(H,24,28). The van der Waals surface area contributed by atoms with Crippen molar-refractivity contribution in [3.8, 4) is 11.3 Å². The van der Waals surface area contributed by atoms with Crippen LogP contribution in [0.15, 0.2) is 60.7 Å². The van der Waals surface area contributed by atoms with Crippen molar-refractivity contribution < 1.29 is 23.9 Å². The minimum atomic E-state index is -0.753. The van der Waals surface area contributed by atoms with E-state index in [9.17, 15) is 14.4 Å². The molecule has 2 aromatic carbocycles. The molecule has 0 atom stereocenters. The lowest BCUT2D eigenvalue weighted by Crippen LogP contribution is -2.25. The van der Waals surface area contributed by atoms with Crippen molar-refractivity contribution in [1.82, 2.24) is 4.68 Å². The molecule has 30 heavy (non-hydrogen) atoms. The van der Waals surface area contributed by atoms with Gasteiger partial charge in [-0.3, -0.25) is 9.47 Å². The van der Waals surface area contributed by atoms with Crippen molar-refractivity contribution in [2.45, 2.75) is 6.92 Å².